The molecule has 11 atom stereocenters. The van der Waals surface area contributed by atoms with Crippen LogP contribution in [0.5, 0.6) is 0 Å². The molecule has 0 radical (unpaired) electrons. The fraction of sp³-hybridized carbons (Fsp3) is 0.828. The molecule has 5 rings (SSSR count). The van der Waals surface area contributed by atoms with Gasteiger partial charge in [-0.05, 0) is 43.1 Å². The third-order valence-electron chi connectivity index (χ3n) is 11.3. The van der Waals surface area contributed by atoms with E-state index in [1.54, 1.807) is 48.5 Å². The van der Waals surface area contributed by atoms with Crippen molar-refractivity contribution >= 4 is 17.7 Å². The SMILES string of the molecule is CC1=CC(=O)[C@@H](O)[C@]2(C)[C@H]3[C@@]4(O)OC[C@]35[C@H]([C@@H](C)[C@H]4O)[C@@H](OC(=O)CC(O)(C(C)C)C(C)C)C(=O)O[C@@H]5C[C@@H]12. The number of ketones is 1. The number of aliphatic hydroxyl groups is 4. The van der Waals surface area contributed by atoms with E-state index in [0.29, 0.717) is 5.57 Å². The Kier molecular flexibility index (Phi) is 6.49. The summed E-state index contributed by atoms with van der Waals surface area (Å²) in [6.45, 7) is 12.3. The van der Waals surface area contributed by atoms with Crippen molar-refractivity contribution in [2.75, 3.05) is 6.61 Å². The summed E-state index contributed by atoms with van der Waals surface area (Å²) >= 11 is 0. The summed E-state index contributed by atoms with van der Waals surface area (Å²) in [6.07, 6.45) is -3.83. The van der Waals surface area contributed by atoms with E-state index in [2.05, 4.69) is 0 Å². The van der Waals surface area contributed by atoms with Crippen molar-refractivity contribution in [3.8, 4) is 0 Å². The van der Waals surface area contributed by atoms with Gasteiger partial charge >= 0.3 is 11.9 Å². The lowest BCUT2D eigenvalue weighted by atomic mass is 9.38. The Balaban J connectivity index is 1.60. The maximum Gasteiger partial charge on any atom is 0.348 e. The van der Waals surface area contributed by atoms with Gasteiger partial charge in [0.15, 0.2) is 11.6 Å². The van der Waals surface area contributed by atoms with Gasteiger partial charge < -0.3 is 34.6 Å². The first kappa shape index (κ1) is 28.7. The third-order valence-corrected chi connectivity index (χ3v) is 11.3. The minimum absolute atomic E-state index is 0.111. The molecule has 5 aliphatic rings. The quantitative estimate of drug-likeness (QED) is 0.365. The van der Waals surface area contributed by atoms with Gasteiger partial charge in [0.2, 0.25) is 6.10 Å². The second-order valence-corrected chi connectivity index (χ2v) is 13.6. The number of aliphatic hydroxyl groups excluding tert-OH is 2. The molecular weight excluding hydrogens is 508 g/mol. The van der Waals surface area contributed by atoms with Crippen molar-refractivity contribution in [2.45, 2.75) is 97.1 Å². The topological polar surface area (TPSA) is 160 Å². The smallest absolute Gasteiger partial charge is 0.348 e. The van der Waals surface area contributed by atoms with Crippen molar-refractivity contribution in [3.63, 3.8) is 0 Å². The van der Waals surface area contributed by atoms with Crippen LogP contribution in [0.4, 0.5) is 0 Å². The molecule has 0 aromatic heterocycles. The van der Waals surface area contributed by atoms with Crippen LogP contribution in [0.3, 0.4) is 0 Å². The summed E-state index contributed by atoms with van der Waals surface area (Å²) in [5.41, 5.74) is -3.05. The summed E-state index contributed by atoms with van der Waals surface area (Å²) in [6, 6.07) is 0. The van der Waals surface area contributed by atoms with Crippen LogP contribution in [0.1, 0.15) is 61.3 Å². The molecule has 218 valence electrons. The second kappa shape index (κ2) is 8.82. The fourth-order valence-corrected chi connectivity index (χ4v) is 9.22. The van der Waals surface area contributed by atoms with Crippen LogP contribution in [0.2, 0.25) is 0 Å². The highest BCUT2D eigenvalue weighted by Crippen LogP contribution is 2.73. The largest absolute Gasteiger partial charge is 0.459 e. The molecular formula is C29H42O10. The van der Waals surface area contributed by atoms with Crippen molar-refractivity contribution in [3.05, 3.63) is 11.6 Å². The first-order valence-electron chi connectivity index (χ1n) is 14.0. The van der Waals surface area contributed by atoms with Gasteiger partial charge in [-0.25, -0.2) is 4.79 Å². The average molecular weight is 551 g/mol. The highest BCUT2D eigenvalue weighted by molar-refractivity contribution is 5.96. The van der Waals surface area contributed by atoms with Crippen molar-refractivity contribution in [2.24, 2.45) is 46.3 Å². The number of carbonyl (C=O) groups is 3. The predicted octanol–water partition coefficient (Wildman–Crippen LogP) is 1.12. The van der Waals surface area contributed by atoms with Gasteiger partial charge in [-0.15, -0.1) is 0 Å². The Morgan fingerprint density at radius 3 is 2.41 bits per heavy atom. The van der Waals surface area contributed by atoms with Crippen LogP contribution in [0, 0.1) is 46.3 Å². The van der Waals surface area contributed by atoms with Gasteiger partial charge in [0.05, 0.1) is 18.6 Å². The van der Waals surface area contributed by atoms with E-state index in [9.17, 15) is 34.8 Å². The number of carbonyl (C=O) groups excluding carboxylic acids is 3. The predicted molar refractivity (Wildman–Crippen MR) is 135 cm³/mol. The van der Waals surface area contributed by atoms with Gasteiger partial charge in [0.1, 0.15) is 18.3 Å². The van der Waals surface area contributed by atoms with E-state index in [1.165, 1.54) is 6.08 Å². The van der Waals surface area contributed by atoms with E-state index >= 15 is 0 Å². The standard InChI is InChI=1S/C29H42O10/c1-12(2)28(35,13(3)4)10-19(31)39-21-20-15(6)22(32)29(36)25-26(7)16(14(5)8-17(30)23(26)33)9-18(38-24(21)34)27(20,25)11-37-29/h8,12-13,15-16,18,20-23,25,32-33,35-36H,9-11H2,1-7H3/t15-,16+,18-,20-,21-,22-,23-,25-,26-,27+,29+/m1/s1. The summed E-state index contributed by atoms with van der Waals surface area (Å²) in [4.78, 5) is 39.6. The summed E-state index contributed by atoms with van der Waals surface area (Å²) in [5.74, 6) is -7.69. The molecule has 0 aromatic carbocycles. The molecule has 0 unspecified atom stereocenters. The van der Waals surface area contributed by atoms with Crippen LogP contribution in [-0.2, 0) is 28.6 Å². The van der Waals surface area contributed by atoms with Crippen LogP contribution in [-0.4, -0.2) is 80.6 Å². The monoisotopic (exact) mass is 550 g/mol. The highest BCUT2D eigenvalue weighted by atomic mass is 16.7. The molecule has 2 saturated carbocycles. The van der Waals surface area contributed by atoms with E-state index in [1.807, 2.05) is 0 Å². The Hall–Kier alpha value is -1.85. The van der Waals surface area contributed by atoms with Crippen molar-refractivity contribution in [1.82, 2.24) is 0 Å². The molecule has 10 nitrogen and oxygen atoms in total. The zero-order valence-corrected chi connectivity index (χ0v) is 23.7. The number of hydrogen-bond donors (Lipinski definition) is 4. The third kappa shape index (κ3) is 3.47. The second-order valence-electron chi connectivity index (χ2n) is 13.6. The van der Waals surface area contributed by atoms with E-state index in [0.717, 1.165) is 0 Å². The van der Waals surface area contributed by atoms with Crippen molar-refractivity contribution < 1.29 is 49.0 Å². The number of ether oxygens (including phenoxy) is 3. The lowest BCUT2D eigenvalue weighted by molar-refractivity contribution is -0.340. The number of rotatable bonds is 5. The van der Waals surface area contributed by atoms with Gasteiger partial charge in [-0.1, -0.05) is 47.1 Å². The molecule has 4 N–H and O–H groups in total. The van der Waals surface area contributed by atoms with Crippen LogP contribution in [0.15, 0.2) is 11.6 Å². The Labute approximate surface area is 228 Å². The molecule has 1 spiro atoms. The minimum Gasteiger partial charge on any atom is -0.459 e. The lowest BCUT2D eigenvalue weighted by Crippen LogP contribution is -2.78. The highest BCUT2D eigenvalue weighted by Gasteiger charge is 2.83. The Morgan fingerprint density at radius 2 is 1.82 bits per heavy atom. The number of hydrogen-bond acceptors (Lipinski definition) is 10. The zero-order chi connectivity index (χ0) is 29.0. The van der Waals surface area contributed by atoms with Gasteiger partial charge in [0.25, 0.3) is 0 Å². The van der Waals surface area contributed by atoms with Crippen LogP contribution >= 0.6 is 0 Å². The van der Waals surface area contributed by atoms with E-state index in [4.69, 9.17) is 14.2 Å². The van der Waals surface area contributed by atoms with Crippen molar-refractivity contribution in [1.29, 1.82) is 0 Å². The molecule has 3 aliphatic carbocycles. The summed E-state index contributed by atoms with van der Waals surface area (Å²) in [5, 5.41) is 45.9. The molecule has 2 bridgehead atoms. The van der Waals surface area contributed by atoms with Crippen LogP contribution in [0.25, 0.3) is 0 Å². The van der Waals surface area contributed by atoms with E-state index < -0.39 is 88.0 Å². The molecule has 2 aliphatic heterocycles. The maximum absolute atomic E-state index is 13.5. The normalized spacial score (nSPS) is 46.9. The van der Waals surface area contributed by atoms with E-state index in [-0.39, 0.29) is 31.3 Å². The first-order valence-corrected chi connectivity index (χ1v) is 14.0. The molecule has 2 saturated heterocycles. The zero-order valence-electron chi connectivity index (χ0n) is 23.7. The van der Waals surface area contributed by atoms with Gasteiger partial charge in [0, 0.05) is 22.7 Å². The molecule has 10 heteroatoms. The molecule has 4 fully saturated rings. The first-order chi connectivity index (χ1) is 18.0. The van der Waals surface area contributed by atoms with Crippen LogP contribution < -0.4 is 0 Å². The Bertz CT molecular complexity index is 1110. The number of esters is 2. The summed E-state index contributed by atoms with van der Waals surface area (Å²) < 4.78 is 17.8. The molecule has 0 aromatic rings. The number of allylic oxidation sites excluding steroid dienone is 1. The Morgan fingerprint density at radius 1 is 1.21 bits per heavy atom. The van der Waals surface area contributed by atoms with Gasteiger partial charge in [-0.3, -0.25) is 9.59 Å². The molecule has 39 heavy (non-hydrogen) atoms. The number of fused-ring (bicyclic) bond motifs is 1. The average Bonchev–Trinajstić information content (AvgIpc) is 3.13. The fourth-order valence-electron chi connectivity index (χ4n) is 9.22. The summed E-state index contributed by atoms with van der Waals surface area (Å²) in [7, 11) is 0. The lowest BCUT2D eigenvalue weighted by Gasteiger charge is -2.68. The molecule has 2 heterocycles. The molecule has 0 amide bonds. The van der Waals surface area contributed by atoms with Gasteiger partial charge in [-0.2, -0.15) is 0 Å². The minimum atomic E-state index is -2.12. The maximum atomic E-state index is 13.5.